The Balaban J connectivity index is 1.41. The van der Waals surface area contributed by atoms with Gasteiger partial charge in [0.2, 0.25) is 0 Å². The summed E-state index contributed by atoms with van der Waals surface area (Å²) in [5.41, 5.74) is 9.64. The Bertz CT molecular complexity index is 815. The lowest BCUT2D eigenvalue weighted by Crippen LogP contribution is -2.12. The van der Waals surface area contributed by atoms with Crippen molar-refractivity contribution in [1.29, 1.82) is 0 Å². The number of fused-ring (bicyclic) bond motifs is 3. The molecule has 1 atom stereocenters. The highest BCUT2D eigenvalue weighted by molar-refractivity contribution is 6.02. The third-order valence-electron chi connectivity index (χ3n) is 6.07. The third kappa shape index (κ3) is 2.17. The first-order valence-corrected chi connectivity index (χ1v) is 9.07. The number of carbonyl (C=O) groups is 1. The maximum atomic E-state index is 12.8. The SMILES string of the molecule is O=C1c2cc3c(cc2C[C@H]1Cc1ccc2c(c1)CCC2)CCC3. The van der Waals surface area contributed by atoms with E-state index in [0.29, 0.717) is 5.78 Å². The zero-order chi connectivity index (χ0) is 15.4. The molecule has 3 aliphatic carbocycles. The van der Waals surface area contributed by atoms with Crippen LogP contribution in [-0.4, -0.2) is 5.78 Å². The molecule has 1 nitrogen and oxygen atoms in total. The van der Waals surface area contributed by atoms with E-state index in [1.165, 1.54) is 65.5 Å². The Morgan fingerprint density at radius 1 is 0.783 bits per heavy atom. The lowest BCUT2D eigenvalue weighted by Gasteiger charge is -2.09. The van der Waals surface area contributed by atoms with E-state index >= 15 is 0 Å². The first-order valence-electron chi connectivity index (χ1n) is 9.07. The fraction of sp³-hybridized carbons (Fsp3) is 0.409. The molecule has 0 aliphatic heterocycles. The van der Waals surface area contributed by atoms with Gasteiger partial charge in [-0.1, -0.05) is 24.3 Å². The number of hydrogen-bond donors (Lipinski definition) is 0. The van der Waals surface area contributed by atoms with Crippen LogP contribution in [0.1, 0.15) is 56.6 Å². The number of ketones is 1. The highest BCUT2D eigenvalue weighted by Crippen LogP contribution is 2.35. The molecule has 2 aromatic rings. The minimum absolute atomic E-state index is 0.159. The Morgan fingerprint density at radius 2 is 1.48 bits per heavy atom. The second-order valence-electron chi connectivity index (χ2n) is 7.56. The number of carbonyl (C=O) groups excluding carboxylic acids is 1. The number of aryl methyl sites for hydroxylation is 4. The molecule has 0 saturated carbocycles. The predicted molar refractivity (Wildman–Crippen MR) is 92.2 cm³/mol. The zero-order valence-electron chi connectivity index (χ0n) is 13.5. The van der Waals surface area contributed by atoms with Crippen LogP contribution in [0.2, 0.25) is 0 Å². The average molecular weight is 302 g/mol. The standard InChI is InChI=1S/C22H22O/c23-22-20(10-14-7-8-15-3-1-4-16(15)9-14)12-19-11-17-5-2-6-18(17)13-21(19)22/h7-9,11,13,20H,1-6,10,12H2/t20-/m1/s1. The van der Waals surface area contributed by atoms with Gasteiger partial charge in [0.15, 0.2) is 5.78 Å². The summed E-state index contributed by atoms with van der Waals surface area (Å²) in [6.07, 6.45) is 9.20. The Kier molecular flexibility index (Phi) is 2.98. The molecule has 0 radical (unpaired) electrons. The van der Waals surface area contributed by atoms with Crippen LogP contribution in [0.5, 0.6) is 0 Å². The predicted octanol–water partition coefficient (Wildman–Crippen LogP) is 4.26. The third-order valence-corrected chi connectivity index (χ3v) is 6.07. The summed E-state index contributed by atoms with van der Waals surface area (Å²) in [6.45, 7) is 0. The lowest BCUT2D eigenvalue weighted by atomic mass is 9.94. The normalized spacial score (nSPS) is 21.4. The molecule has 0 bridgehead atoms. The maximum Gasteiger partial charge on any atom is 0.166 e. The molecule has 0 fully saturated rings. The number of rotatable bonds is 2. The molecule has 0 heterocycles. The molecule has 23 heavy (non-hydrogen) atoms. The Labute approximate surface area is 137 Å². The molecule has 0 spiro atoms. The van der Waals surface area contributed by atoms with Crippen molar-refractivity contribution in [3.63, 3.8) is 0 Å². The van der Waals surface area contributed by atoms with Crippen molar-refractivity contribution in [1.82, 2.24) is 0 Å². The van der Waals surface area contributed by atoms with Gasteiger partial charge >= 0.3 is 0 Å². The van der Waals surface area contributed by atoms with Crippen molar-refractivity contribution in [3.05, 3.63) is 69.3 Å². The average Bonchev–Trinajstić information content (AvgIpc) is 3.25. The van der Waals surface area contributed by atoms with Gasteiger partial charge in [0.1, 0.15) is 0 Å². The Morgan fingerprint density at radius 3 is 2.30 bits per heavy atom. The minimum atomic E-state index is 0.159. The number of benzene rings is 2. The Hall–Kier alpha value is -1.89. The molecule has 0 unspecified atom stereocenters. The molecule has 5 rings (SSSR count). The van der Waals surface area contributed by atoms with Crippen molar-refractivity contribution in [2.24, 2.45) is 5.92 Å². The number of hydrogen-bond acceptors (Lipinski definition) is 1. The molecule has 0 saturated heterocycles. The van der Waals surface area contributed by atoms with Gasteiger partial charge in [0.05, 0.1) is 0 Å². The molecular weight excluding hydrogens is 280 g/mol. The maximum absolute atomic E-state index is 12.8. The van der Waals surface area contributed by atoms with Gasteiger partial charge in [-0.2, -0.15) is 0 Å². The van der Waals surface area contributed by atoms with Crippen LogP contribution >= 0.6 is 0 Å². The van der Waals surface area contributed by atoms with Crippen LogP contribution in [0.3, 0.4) is 0 Å². The molecule has 2 aromatic carbocycles. The topological polar surface area (TPSA) is 17.1 Å². The summed E-state index contributed by atoms with van der Waals surface area (Å²) < 4.78 is 0. The quantitative estimate of drug-likeness (QED) is 0.810. The van der Waals surface area contributed by atoms with Crippen LogP contribution in [-0.2, 0) is 38.5 Å². The fourth-order valence-electron chi connectivity index (χ4n) is 4.85. The monoisotopic (exact) mass is 302 g/mol. The van der Waals surface area contributed by atoms with Gasteiger partial charge in [-0.05, 0) is 90.8 Å². The number of Topliss-reactive ketones (excluding diaryl/α,β-unsaturated/α-hetero) is 1. The van der Waals surface area contributed by atoms with E-state index in [4.69, 9.17) is 0 Å². The van der Waals surface area contributed by atoms with Gasteiger partial charge in [-0.15, -0.1) is 0 Å². The molecule has 116 valence electrons. The summed E-state index contributed by atoms with van der Waals surface area (Å²) in [7, 11) is 0. The van der Waals surface area contributed by atoms with E-state index in [1.807, 2.05) is 0 Å². The summed E-state index contributed by atoms with van der Waals surface area (Å²) in [5.74, 6) is 0.544. The van der Waals surface area contributed by atoms with Crippen LogP contribution in [0, 0.1) is 5.92 Å². The molecule has 3 aliphatic rings. The first-order chi connectivity index (χ1) is 11.3. The highest BCUT2D eigenvalue weighted by Gasteiger charge is 2.32. The van der Waals surface area contributed by atoms with E-state index in [1.54, 1.807) is 0 Å². The van der Waals surface area contributed by atoms with E-state index in [0.717, 1.165) is 24.8 Å². The summed E-state index contributed by atoms with van der Waals surface area (Å²) in [6, 6.07) is 11.4. The largest absolute Gasteiger partial charge is 0.294 e. The van der Waals surface area contributed by atoms with E-state index < -0.39 is 0 Å². The fourth-order valence-corrected chi connectivity index (χ4v) is 4.85. The minimum Gasteiger partial charge on any atom is -0.294 e. The molecule has 1 heteroatoms. The smallest absolute Gasteiger partial charge is 0.166 e. The second kappa shape index (κ2) is 5.06. The first kappa shape index (κ1) is 13.5. The highest BCUT2D eigenvalue weighted by atomic mass is 16.1. The molecule has 0 aromatic heterocycles. The molecule has 0 N–H and O–H groups in total. The van der Waals surface area contributed by atoms with Crippen molar-refractivity contribution in [2.45, 2.75) is 51.4 Å². The van der Waals surface area contributed by atoms with E-state index in [2.05, 4.69) is 30.3 Å². The van der Waals surface area contributed by atoms with Crippen molar-refractivity contribution < 1.29 is 4.79 Å². The van der Waals surface area contributed by atoms with Crippen LogP contribution in [0.25, 0.3) is 0 Å². The van der Waals surface area contributed by atoms with Crippen LogP contribution in [0.4, 0.5) is 0 Å². The second-order valence-corrected chi connectivity index (χ2v) is 7.56. The van der Waals surface area contributed by atoms with Crippen molar-refractivity contribution in [2.75, 3.05) is 0 Å². The summed E-state index contributed by atoms with van der Waals surface area (Å²) in [5, 5.41) is 0. The summed E-state index contributed by atoms with van der Waals surface area (Å²) in [4.78, 5) is 12.8. The van der Waals surface area contributed by atoms with Crippen LogP contribution < -0.4 is 0 Å². The molecular formula is C22H22O. The molecule has 0 amide bonds. The lowest BCUT2D eigenvalue weighted by molar-refractivity contribution is 0.0936. The van der Waals surface area contributed by atoms with Crippen LogP contribution in [0.15, 0.2) is 30.3 Å². The van der Waals surface area contributed by atoms with E-state index in [-0.39, 0.29) is 5.92 Å². The van der Waals surface area contributed by atoms with Gasteiger partial charge in [-0.3, -0.25) is 4.79 Å². The van der Waals surface area contributed by atoms with E-state index in [9.17, 15) is 4.79 Å². The van der Waals surface area contributed by atoms with Crippen molar-refractivity contribution >= 4 is 5.78 Å². The van der Waals surface area contributed by atoms with Gasteiger partial charge in [-0.25, -0.2) is 0 Å². The zero-order valence-corrected chi connectivity index (χ0v) is 13.5. The van der Waals surface area contributed by atoms with Gasteiger partial charge in [0, 0.05) is 11.5 Å². The van der Waals surface area contributed by atoms with Gasteiger partial charge in [0.25, 0.3) is 0 Å². The summed E-state index contributed by atoms with van der Waals surface area (Å²) >= 11 is 0. The van der Waals surface area contributed by atoms with Crippen molar-refractivity contribution in [3.8, 4) is 0 Å². The van der Waals surface area contributed by atoms with Gasteiger partial charge < -0.3 is 0 Å².